The number of nitrogens with zero attached hydrogens (tertiary/aromatic N) is 5. The molecule has 0 bridgehead atoms. The van der Waals surface area contributed by atoms with Crippen LogP contribution in [0.1, 0.15) is 29.6 Å². The van der Waals surface area contributed by atoms with Crippen LogP contribution in [0.2, 0.25) is 10.0 Å². The highest BCUT2D eigenvalue weighted by molar-refractivity contribution is 7.98. The summed E-state index contributed by atoms with van der Waals surface area (Å²) in [6, 6.07) is 4.82. The Morgan fingerprint density at radius 2 is 2.00 bits per heavy atom. The first-order valence-corrected chi connectivity index (χ1v) is 11.8. The molecule has 7 nitrogen and oxygen atoms in total. The Labute approximate surface area is 189 Å². The molecular formula is C20H22Cl2N6OS. The van der Waals surface area contributed by atoms with E-state index >= 15 is 0 Å². The number of nitrogens with one attached hydrogen (secondary N) is 1. The molecule has 0 unspecified atom stereocenters. The van der Waals surface area contributed by atoms with Crippen LogP contribution >= 0.6 is 35.0 Å². The molecule has 3 heterocycles. The van der Waals surface area contributed by atoms with E-state index in [1.54, 1.807) is 18.2 Å². The van der Waals surface area contributed by atoms with Gasteiger partial charge >= 0.3 is 0 Å². The van der Waals surface area contributed by atoms with Gasteiger partial charge in [-0.1, -0.05) is 35.0 Å². The Morgan fingerprint density at radius 3 is 2.73 bits per heavy atom. The highest BCUT2D eigenvalue weighted by Gasteiger charge is 2.20. The van der Waals surface area contributed by atoms with Gasteiger partial charge in [0.1, 0.15) is 5.82 Å². The number of anilines is 1. The molecule has 158 valence electrons. The zero-order chi connectivity index (χ0) is 21.1. The van der Waals surface area contributed by atoms with Crippen LogP contribution in [0.15, 0.2) is 29.6 Å². The number of hydrogen-bond donors (Lipinski definition) is 1. The number of rotatable bonds is 6. The van der Waals surface area contributed by atoms with Gasteiger partial charge in [-0.2, -0.15) is 5.10 Å². The van der Waals surface area contributed by atoms with Crippen molar-refractivity contribution in [1.82, 2.24) is 25.1 Å². The minimum Gasteiger partial charge on any atom is -0.356 e. The van der Waals surface area contributed by atoms with Crippen molar-refractivity contribution in [3.05, 3.63) is 40.0 Å². The molecule has 2 aromatic heterocycles. The normalized spacial score (nSPS) is 14.3. The van der Waals surface area contributed by atoms with Crippen LogP contribution < -0.4 is 10.2 Å². The van der Waals surface area contributed by atoms with Gasteiger partial charge in [-0.15, -0.1) is 0 Å². The molecular weight excluding hydrogens is 443 g/mol. The molecule has 0 aliphatic carbocycles. The van der Waals surface area contributed by atoms with Crippen molar-refractivity contribution in [2.75, 3.05) is 30.8 Å². The lowest BCUT2D eigenvalue weighted by atomic mass is 10.1. The number of thioether (sulfide) groups is 1. The second kappa shape index (κ2) is 9.41. The summed E-state index contributed by atoms with van der Waals surface area (Å²) in [4.78, 5) is 24.2. The topological polar surface area (TPSA) is 75.9 Å². The Hall–Kier alpha value is -2.03. The Morgan fingerprint density at radius 1 is 1.20 bits per heavy atom. The Bertz CT molecular complexity index is 1070. The predicted molar refractivity (Wildman–Crippen MR) is 122 cm³/mol. The van der Waals surface area contributed by atoms with Gasteiger partial charge in [0, 0.05) is 24.7 Å². The first kappa shape index (κ1) is 21.2. The first-order chi connectivity index (χ1) is 14.6. The Kier molecular flexibility index (Phi) is 6.65. The minimum atomic E-state index is -0.249. The van der Waals surface area contributed by atoms with Gasteiger partial charge in [-0.3, -0.25) is 4.79 Å². The summed E-state index contributed by atoms with van der Waals surface area (Å²) in [7, 11) is 0. The molecule has 1 N–H and O–H groups in total. The average Bonchev–Trinajstić information content (AvgIpc) is 3.16. The SMILES string of the molecule is CSc1nc(N2CCCCC2)c2cnn(CCNC(=O)c3ccc(Cl)cc3Cl)c2n1. The third kappa shape index (κ3) is 4.50. The molecule has 1 fully saturated rings. The zero-order valence-electron chi connectivity index (χ0n) is 16.6. The van der Waals surface area contributed by atoms with Crippen molar-refractivity contribution in [2.24, 2.45) is 0 Å². The smallest absolute Gasteiger partial charge is 0.252 e. The van der Waals surface area contributed by atoms with Gasteiger partial charge in [0.2, 0.25) is 0 Å². The number of aromatic nitrogens is 4. The number of carbonyl (C=O) groups excluding carboxylic acids is 1. The van der Waals surface area contributed by atoms with Gasteiger partial charge in [0.25, 0.3) is 5.91 Å². The maximum Gasteiger partial charge on any atom is 0.252 e. The number of amides is 1. The lowest BCUT2D eigenvalue weighted by Crippen LogP contribution is -2.30. The fourth-order valence-electron chi connectivity index (χ4n) is 3.57. The standard InChI is InChI=1S/C20H22Cl2N6OS/c1-30-20-25-17(27-8-3-2-4-9-27)15-12-24-28(18(15)26-20)10-7-23-19(29)14-6-5-13(21)11-16(14)22/h5-6,11-12H,2-4,7-10H2,1H3,(H,23,29). The molecule has 10 heteroatoms. The molecule has 0 atom stereocenters. The molecule has 1 saturated heterocycles. The van der Waals surface area contributed by atoms with E-state index < -0.39 is 0 Å². The molecule has 1 aromatic carbocycles. The van der Waals surface area contributed by atoms with Crippen LogP contribution in [-0.2, 0) is 6.54 Å². The van der Waals surface area contributed by atoms with E-state index in [0.717, 1.165) is 35.1 Å². The molecule has 1 aliphatic heterocycles. The van der Waals surface area contributed by atoms with Crippen LogP contribution in [0.3, 0.4) is 0 Å². The van der Waals surface area contributed by atoms with E-state index in [4.69, 9.17) is 28.2 Å². The van der Waals surface area contributed by atoms with Gasteiger partial charge in [0.05, 0.1) is 28.7 Å². The van der Waals surface area contributed by atoms with E-state index in [1.807, 2.05) is 17.1 Å². The van der Waals surface area contributed by atoms with E-state index in [-0.39, 0.29) is 5.91 Å². The molecule has 30 heavy (non-hydrogen) atoms. The quantitative estimate of drug-likeness (QED) is 0.433. The number of carbonyl (C=O) groups is 1. The maximum atomic E-state index is 12.4. The molecule has 3 aromatic rings. The predicted octanol–water partition coefficient (Wildman–Crippen LogP) is 4.28. The van der Waals surface area contributed by atoms with E-state index in [2.05, 4.69) is 20.3 Å². The molecule has 0 saturated carbocycles. The third-order valence-electron chi connectivity index (χ3n) is 5.08. The van der Waals surface area contributed by atoms with Crippen LogP contribution in [0.4, 0.5) is 5.82 Å². The summed E-state index contributed by atoms with van der Waals surface area (Å²) >= 11 is 13.5. The summed E-state index contributed by atoms with van der Waals surface area (Å²) in [6.07, 6.45) is 7.40. The molecule has 1 amide bonds. The summed E-state index contributed by atoms with van der Waals surface area (Å²) in [5.74, 6) is 0.703. The fraction of sp³-hybridized carbons (Fsp3) is 0.400. The van der Waals surface area contributed by atoms with Crippen LogP contribution in [0.5, 0.6) is 0 Å². The maximum absolute atomic E-state index is 12.4. The highest BCUT2D eigenvalue weighted by Crippen LogP contribution is 2.28. The van der Waals surface area contributed by atoms with Crippen molar-refractivity contribution in [1.29, 1.82) is 0 Å². The van der Waals surface area contributed by atoms with E-state index in [9.17, 15) is 4.79 Å². The number of hydrogen-bond acceptors (Lipinski definition) is 6. The van der Waals surface area contributed by atoms with Gasteiger partial charge in [0.15, 0.2) is 10.8 Å². The van der Waals surface area contributed by atoms with E-state index in [1.165, 1.54) is 31.0 Å². The van der Waals surface area contributed by atoms with Crippen molar-refractivity contribution in [3.8, 4) is 0 Å². The van der Waals surface area contributed by atoms with Crippen molar-refractivity contribution < 1.29 is 4.79 Å². The molecule has 1 aliphatic rings. The molecule has 0 spiro atoms. The average molecular weight is 465 g/mol. The zero-order valence-corrected chi connectivity index (χ0v) is 18.9. The summed E-state index contributed by atoms with van der Waals surface area (Å²) < 4.78 is 1.81. The van der Waals surface area contributed by atoms with Crippen LogP contribution in [0.25, 0.3) is 11.0 Å². The number of benzene rings is 1. The van der Waals surface area contributed by atoms with Crippen molar-refractivity contribution in [3.63, 3.8) is 0 Å². The lowest BCUT2D eigenvalue weighted by Gasteiger charge is -2.28. The summed E-state index contributed by atoms with van der Waals surface area (Å²) in [5.41, 5.74) is 1.18. The van der Waals surface area contributed by atoms with Gasteiger partial charge < -0.3 is 10.2 Å². The van der Waals surface area contributed by atoms with Crippen LogP contribution in [-0.4, -0.2) is 51.5 Å². The summed E-state index contributed by atoms with van der Waals surface area (Å²) in [5, 5.41) is 9.88. The van der Waals surface area contributed by atoms with Crippen molar-refractivity contribution >= 4 is 57.7 Å². The molecule has 0 radical (unpaired) electrons. The highest BCUT2D eigenvalue weighted by atomic mass is 35.5. The number of halogens is 2. The minimum absolute atomic E-state index is 0.249. The monoisotopic (exact) mass is 464 g/mol. The largest absolute Gasteiger partial charge is 0.356 e. The fourth-order valence-corrected chi connectivity index (χ4v) is 4.42. The second-order valence-electron chi connectivity index (χ2n) is 7.07. The second-order valence-corrected chi connectivity index (χ2v) is 8.68. The first-order valence-electron chi connectivity index (χ1n) is 9.82. The summed E-state index contributed by atoms with van der Waals surface area (Å²) in [6.45, 7) is 2.89. The lowest BCUT2D eigenvalue weighted by molar-refractivity contribution is 0.0952. The van der Waals surface area contributed by atoms with Gasteiger partial charge in [-0.05, 0) is 43.7 Å². The van der Waals surface area contributed by atoms with E-state index in [0.29, 0.717) is 28.7 Å². The Balaban J connectivity index is 1.51. The molecule has 4 rings (SSSR count). The van der Waals surface area contributed by atoms with Gasteiger partial charge in [-0.25, -0.2) is 14.6 Å². The third-order valence-corrected chi connectivity index (χ3v) is 6.17. The van der Waals surface area contributed by atoms with Crippen molar-refractivity contribution in [2.45, 2.75) is 31.0 Å². The van der Waals surface area contributed by atoms with Crippen LogP contribution in [0, 0.1) is 0 Å². The number of piperidine rings is 1. The number of fused-ring (bicyclic) bond motifs is 1.